The van der Waals surface area contributed by atoms with Crippen LogP contribution in [0.1, 0.15) is 58.8 Å². The maximum Gasteiger partial charge on any atom is 0.222 e. The maximum absolute atomic E-state index is 12.3. The van der Waals surface area contributed by atoms with E-state index in [2.05, 4.69) is 33.4 Å². The van der Waals surface area contributed by atoms with Crippen LogP contribution in [0.4, 0.5) is 0 Å². The molecule has 1 rings (SSSR count). The molecule has 24 heavy (non-hydrogen) atoms. The summed E-state index contributed by atoms with van der Waals surface area (Å²) in [5, 5.41) is 3.06. The third kappa shape index (κ3) is 7.65. The van der Waals surface area contributed by atoms with Gasteiger partial charge in [0.25, 0.3) is 0 Å². The first-order chi connectivity index (χ1) is 11.2. The summed E-state index contributed by atoms with van der Waals surface area (Å²) in [6.07, 6.45) is 6.59. The Kier molecular flexibility index (Phi) is 8.74. The molecular weight excluding hydrogens is 302 g/mol. The molecule has 1 fully saturated rings. The van der Waals surface area contributed by atoms with Crippen molar-refractivity contribution < 1.29 is 14.1 Å². The molecule has 0 aromatic carbocycles. The summed E-state index contributed by atoms with van der Waals surface area (Å²) in [7, 11) is 6.48. The number of amides is 2. The second-order valence-corrected chi connectivity index (χ2v) is 8.26. The highest BCUT2D eigenvalue weighted by molar-refractivity contribution is 5.79. The SMILES string of the molecule is CCC(CC(C)C(=O)NCCC[N+](C)(C)C)N1CCCCCC1=O. The minimum Gasteiger partial charge on any atom is -0.356 e. The number of rotatable bonds is 9. The average Bonchev–Trinajstić information content (AvgIpc) is 2.72. The smallest absolute Gasteiger partial charge is 0.222 e. The number of nitrogens with zero attached hydrogens (tertiary/aromatic N) is 2. The topological polar surface area (TPSA) is 49.4 Å². The van der Waals surface area contributed by atoms with Crippen LogP contribution in [0.25, 0.3) is 0 Å². The van der Waals surface area contributed by atoms with E-state index in [0.717, 1.165) is 62.6 Å². The molecule has 1 aliphatic rings. The molecule has 0 saturated carbocycles. The molecule has 5 nitrogen and oxygen atoms in total. The van der Waals surface area contributed by atoms with Gasteiger partial charge in [-0.1, -0.05) is 20.3 Å². The average molecular weight is 341 g/mol. The largest absolute Gasteiger partial charge is 0.356 e. The van der Waals surface area contributed by atoms with Gasteiger partial charge in [0.1, 0.15) is 0 Å². The van der Waals surface area contributed by atoms with E-state index in [9.17, 15) is 9.59 Å². The summed E-state index contributed by atoms with van der Waals surface area (Å²) in [5.41, 5.74) is 0. The summed E-state index contributed by atoms with van der Waals surface area (Å²) in [6, 6.07) is 0.197. The number of quaternary nitrogens is 1. The van der Waals surface area contributed by atoms with Crippen LogP contribution in [0.3, 0.4) is 0 Å². The minimum atomic E-state index is -0.0462. The molecule has 0 radical (unpaired) electrons. The normalized spacial score (nSPS) is 18.9. The van der Waals surface area contributed by atoms with Crippen LogP contribution in [0.2, 0.25) is 0 Å². The van der Waals surface area contributed by atoms with Gasteiger partial charge in [0.15, 0.2) is 0 Å². The number of carbonyl (C=O) groups excluding carboxylic acids is 2. The zero-order valence-electron chi connectivity index (χ0n) is 16.4. The number of nitrogens with one attached hydrogen (secondary N) is 1. The molecule has 0 aliphatic carbocycles. The Bertz CT molecular complexity index is 404. The fraction of sp³-hybridized carbons (Fsp3) is 0.895. The Labute approximate surface area is 148 Å². The van der Waals surface area contributed by atoms with E-state index in [4.69, 9.17) is 0 Å². The lowest BCUT2D eigenvalue weighted by Crippen LogP contribution is -2.43. The van der Waals surface area contributed by atoms with Gasteiger partial charge in [0.2, 0.25) is 11.8 Å². The van der Waals surface area contributed by atoms with E-state index in [1.165, 1.54) is 0 Å². The molecule has 1 aliphatic heterocycles. The summed E-state index contributed by atoms with van der Waals surface area (Å²) in [5.74, 6) is 0.349. The van der Waals surface area contributed by atoms with E-state index >= 15 is 0 Å². The highest BCUT2D eigenvalue weighted by Gasteiger charge is 2.27. The van der Waals surface area contributed by atoms with Crippen LogP contribution in [-0.4, -0.2) is 68.0 Å². The Balaban J connectivity index is 2.43. The van der Waals surface area contributed by atoms with Gasteiger partial charge in [-0.05, 0) is 25.7 Å². The van der Waals surface area contributed by atoms with Crippen molar-refractivity contribution in [3.8, 4) is 0 Å². The zero-order valence-corrected chi connectivity index (χ0v) is 16.4. The fourth-order valence-electron chi connectivity index (χ4n) is 3.36. The van der Waals surface area contributed by atoms with Crippen molar-refractivity contribution in [3.05, 3.63) is 0 Å². The summed E-state index contributed by atoms with van der Waals surface area (Å²) >= 11 is 0. The quantitative estimate of drug-likeness (QED) is 0.518. The monoisotopic (exact) mass is 340 g/mol. The Morgan fingerprint density at radius 2 is 1.96 bits per heavy atom. The molecule has 1 N–H and O–H groups in total. The second-order valence-electron chi connectivity index (χ2n) is 8.26. The van der Waals surface area contributed by atoms with Crippen molar-refractivity contribution in [1.29, 1.82) is 0 Å². The van der Waals surface area contributed by atoms with Crippen LogP contribution < -0.4 is 5.32 Å². The lowest BCUT2D eigenvalue weighted by Gasteiger charge is -2.32. The number of likely N-dealkylation sites (tertiary alicyclic amines) is 1. The van der Waals surface area contributed by atoms with Gasteiger partial charge in [0.05, 0.1) is 27.7 Å². The van der Waals surface area contributed by atoms with Crippen molar-refractivity contribution in [2.75, 3.05) is 40.8 Å². The molecule has 0 bridgehead atoms. The molecule has 140 valence electrons. The maximum atomic E-state index is 12.3. The minimum absolute atomic E-state index is 0.0462. The summed E-state index contributed by atoms with van der Waals surface area (Å²) in [4.78, 5) is 26.7. The van der Waals surface area contributed by atoms with Crippen LogP contribution in [0, 0.1) is 5.92 Å². The third-order valence-electron chi connectivity index (χ3n) is 4.90. The number of carbonyl (C=O) groups is 2. The van der Waals surface area contributed by atoms with Crippen LogP contribution >= 0.6 is 0 Å². The summed E-state index contributed by atoms with van der Waals surface area (Å²) in [6.45, 7) is 6.75. The van der Waals surface area contributed by atoms with Crippen LogP contribution in [-0.2, 0) is 9.59 Å². The molecule has 0 aromatic heterocycles. The summed E-state index contributed by atoms with van der Waals surface area (Å²) < 4.78 is 0.917. The van der Waals surface area contributed by atoms with Gasteiger partial charge in [0, 0.05) is 37.9 Å². The van der Waals surface area contributed by atoms with Gasteiger partial charge in [-0.3, -0.25) is 9.59 Å². The van der Waals surface area contributed by atoms with E-state index in [1.54, 1.807) is 0 Å². The first kappa shape index (κ1) is 20.9. The van der Waals surface area contributed by atoms with Gasteiger partial charge in [-0.25, -0.2) is 0 Å². The molecule has 2 amide bonds. The van der Waals surface area contributed by atoms with Crippen molar-refractivity contribution in [2.24, 2.45) is 5.92 Å². The second kappa shape index (κ2) is 10.0. The third-order valence-corrected chi connectivity index (χ3v) is 4.90. The molecule has 1 saturated heterocycles. The van der Waals surface area contributed by atoms with Crippen molar-refractivity contribution in [2.45, 2.75) is 64.8 Å². The highest BCUT2D eigenvalue weighted by Crippen LogP contribution is 2.20. The Morgan fingerprint density at radius 1 is 1.25 bits per heavy atom. The number of hydrogen-bond donors (Lipinski definition) is 1. The standard InChI is InChI=1S/C19H37N3O2/c1-6-17(21-13-9-7-8-11-18(21)23)15-16(2)19(24)20-12-10-14-22(3,4)5/h16-17H,6-15H2,1-5H3/p+1. The highest BCUT2D eigenvalue weighted by atomic mass is 16.2. The van der Waals surface area contributed by atoms with Crippen LogP contribution in [0.15, 0.2) is 0 Å². The van der Waals surface area contributed by atoms with Crippen molar-refractivity contribution in [1.82, 2.24) is 10.2 Å². The van der Waals surface area contributed by atoms with E-state index in [-0.39, 0.29) is 23.8 Å². The van der Waals surface area contributed by atoms with E-state index in [0.29, 0.717) is 6.42 Å². The van der Waals surface area contributed by atoms with Crippen LogP contribution in [0.5, 0.6) is 0 Å². The van der Waals surface area contributed by atoms with E-state index in [1.807, 2.05) is 11.8 Å². The first-order valence-electron chi connectivity index (χ1n) is 9.62. The molecule has 0 spiro atoms. The molecule has 2 unspecified atom stereocenters. The van der Waals surface area contributed by atoms with Gasteiger partial charge < -0.3 is 14.7 Å². The fourth-order valence-corrected chi connectivity index (χ4v) is 3.36. The predicted octanol–water partition coefficient (Wildman–Crippen LogP) is 2.41. The van der Waals surface area contributed by atoms with Crippen molar-refractivity contribution in [3.63, 3.8) is 0 Å². The Morgan fingerprint density at radius 3 is 2.58 bits per heavy atom. The lowest BCUT2D eigenvalue weighted by molar-refractivity contribution is -0.870. The number of hydrogen-bond acceptors (Lipinski definition) is 2. The zero-order chi connectivity index (χ0) is 18.2. The predicted molar refractivity (Wildman–Crippen MR) is 98.6 cm³/mol. The molecule has 2 atom stereocenters. The van der Waals surface area contributed by atoms with Gasteiger partial charge in [-0.15, -0.1) is 0 Å². The molecule has 1 heterocycles. The Hall–Kier alpha value is -1.10. The molecule has 0 aromatic rings. The molecular formula is C19H38N3O2+. The van der Waals surface area contributed by atoms with Gasteiger partial charge in [-0.2, -0.15) is 0 Å². The van der Waals surface area contributed by atoms with Crippen molar-refractivity contribution >= 4 is 11.8 Å². The lowest BCUT2D eigenvalue weighted by atomic mass is 9.97. The first-order valence-corrected chi connectivity index (χ1v) is 9.62. The molecule has 5 heteroatoms. The van der Waals surface area contributed by atoms with Gasteiger partial charge >= 0.3 is 0 Å². The van der Waals surface area contributed by atoms with E-state index < -0.39 is 0 Å².